The Hall–Kier alpha value is -3.87. The molecule has 0 aliphatic rings. The predicted octanol–water partition coefficient (Wildman–Crippen LogP) is 2.41. The van der Waals surface area contributed by atoms with E-state index in [9.17, 15) is 9.59 Å². The molecule has 2 amide bonds. The minimum Gasteiger partial charge on any atom is -0.493 e. The van der Waals surface area contributed by atoms with Gasteiger partial charge in [-0.3, -0.25) is 9.59 Å². The molecule has 1 aromatic heterocycles. The quantitative estimate of drug-likeness (QED) is 0.655. The predicted molar refractivity (Wildman–Crippen MR) is 112 cm³/mol. The lowest BCUT2D eigenvalue weighted by molar-refractivity contribution is -0.117. The van der Waals surface area contributed by atoms with E-state index in [0.717, 1.165) is 5.56 Å². The third kappa shape index (κ3) is 5.35. The standard InChI is InChI=1S/C23H23N3O4/c1-29-19-12-11-18(14-20(19)30-2)23(28)24-15-22(27)25-21-10-6-7-13-26(21)16-17-8-4-3-5-9-17/h3-14H,15-16H2,1-2H3,(H,24,28). The molecule has 0 saturated heterocycles. The summed E-state index contributed by atoms with van der Waals surface area (Å²) in [5, 5.41) is 2.59. The monoisotopic (exact) mass is 405 g/mol. The number of hydrogen-bond donors (Lipinski definition) is 1. The van der Waals surface area contributed by atoms with E-state index in [2.05, 4.69) is 10.3 Å². The number of nitrogens with zero attached hydrogens (tertiary/aromatic N) is 2. The Bertz CT molecular complexity index is 1090. The molecule has 7 nitrogen and oxygen atoms in total. The second-order valence-electron chi connectivity index (χ2n) is 6.43. The van der Waals surface area contributed by atoms with E-state index < -0.39 is 11.8 Å². The minimum absolute atomic E-state index is 0.215. The summed E-state index contributed by atoms with van der Waals surface area (Å²) in [4.78, 5) is 28.9. The average molecular weight is 405 g/mol. The molecular weight excluding hydrogens is 382 g/mol. The number of carbonyl (C=O) groups is 2. The molecule has 0 saturated carbocycles. The van der Waals surface area contributed by atoms with Crippen LogP contribution >= 0.6 is 0 Å². The van der Waals surface area contributed by atoms with E-state index in [4.69, 9.17) is 9.47 Å². The maximum Gasteiger partial charge on any atom is 0.267 e. The zero-order valence-electron chi connectivity index (χ0n) is 16.9. The molecule has 0 atom stereocenters. The van der Waals surface area contributed by atoms with Gasteiger partial charge in [-0.15, -0.1) is 0 Å². The number of pyridine rings is 1. The largest absolute Gasteiger partial charge is 0.493 e. The number of nitrogens with one attached hydrogen (secondary N) is 1. The summed E-state index contributed by atoms with van der Waals surface area (Å²) in [6, 6.07) is 20.1. The second kappa shape index (κ2) is 10.1. The number of benzene rings is 2. The second-order valence-corrected chi connectivity index (χ2v) is 6.43. The minimum atomic E-state index is -0.447. The SMILES string of the molecule is COc1ccc(C(=O)NCC(=O)N=c2ccccn2Cc2ccccc2)cc1OC. The molecule has 0 fully saturated rings. The van der Waals surface area contributed by atoms with Gasteiger partial charge in [0.05, 0.1) is 20.8 Å². The maximum atomic E-state index is 12.4. The van der Waals surface area contributed by atoms with E-state index in [1.54, 1.807) is 24.3 Å². The number of carbonyl (C=O) groups excluding carboxylic acids is 2. The van der Waals surface area contributed by atoms with Crippen molar-refractivity contribution < 1.29 is 19.1 Å². The van der Waals surface area contributed by atoms with Crippen LogP contribution in [-0.4, -0.2) is 37.1 Å². The van der Waals surface area contributed by atoms with Crippen molar-refractivity contribution in [1.82, 2.24) is 9.88 Å². The highest BCUT2D eigenvalue weighted by Gasteiger charge is 2.11. The molecule has 0 aliphatic carbocycles. The number of rotatable bonds is 7. The van der Waals surface area contributed by atoms with Gasteiger partial charge < -0.3 is 19.4 Å². The van der Waals surface area contributed by atoms with Crippen molar-refractivity contribution in [3.8, 4) is 11.5 Å². The Morgan fingerprint density at radius 1 is 0.933 bits per heavy atom. The van der Waals surface area contributed by atoms with Crippen LogP contribution in [0.25, 0.3) is 0 Å². The molecular formula is C23H23N3O4. The Kier molecular flexibility index (Phi) is 7.00. The molecule has 0 spiro atoms. The number of hydrogen-bond acceptors (Lipinski definition) is 4. The Balaban J connectivity index is 1.69. The Morgan fingerprint density at radius 3 is 2.40 bits per heavy atom. The molecule has 3 aromatic rings. The summed E-state index contributed by atoms with van der Waals surface area (Å²) in [5.74, 6) is 0.112. The summed E-state index contributed by atoms with van der Waals surface area (Å²) in [5.41, 5.74) is 1.98. The summed E-state index contributed by atoms with van der Waals surface area (Å²) < 4.78 is 12.2. The van der Waals surface area contributed by atoms with Crippen LogP contribution in [0.5, 0.6) is 11.5 Å². The zero-order valence-corrected chi connectivity index (χ0v) is 16.9. The zero-order chi connectivity index (χ0) is 21.3. The van der Waals surface area contributed by atoms with Crippen molar-refractivity contribution in [3.63, 3.8) is 0 Å². The van der Waals surface area contributed by atoms with E-state index in [-0.39, 0.29) is 6.54 Å². The lowest BCUT2D eigenvalue weighted by Gasteiger charge is -2.09. The Morgan fingerprint density at radius 2 is 1.67 bits per heavy atom. The summed E-state index contributed by atoms with van der Waals surface area (Å²) in [7, 11) is 3.01. The molecule has 2 aromatic carbocycles. The molecule has 3 rings (SSSR count). The molecule has 0 unspecified atom stereocenters. The van der Waals surface area contributed by atoms with E-state index in [0.29, 0.717) is 29.1 Å². The lowest BCUT2D eigenvalue weighted by Crippen LogP contribution is -2.31. The number of methoxy groups -OCH3 is 2. The van der Waals surface area contributed by atoms with Gasteiger partial charge >= 0.3 is 0 Å². The number of aromatic nitrogens is 1. The van der Waals surface area contributed by atoms with Crippen molar-refractivity contribution in [2.45, 2.75) is 6.54 Å². The molecule has 1 N–H and O–H groups in total. The summed E-state index contributed by atoms with van der Waals surface area (Å²) in [6.45, 7) is 0.374. The highest BCUT2D eigenvalue weighted by molar-refractivity contribution is 5.97. The van der Waals surface area contributed by atoms with Gasteiger partial charge in [-0.05, 0) is 35.9 Å². The maximum absolute atomic E-state index is 12.4. The van der Waals surface area contributed by atoms with Crippen LogP contribution in [0.1, 0.15) is 15.9 Å². The third-order valence-corrected chi connectivity index (χ3v) is 4.40. The fourth-order valence-corrected chi connectivity index (χ4v) is 2.89. The molecule has 154 valence electrons. The van der Waals surface area contributed by atoms with Crippen molar-refractivity contribution in [2.75, 3.05) is 20.8 Å². The molecule has 0 bridgehead atoms. The fourth-order valence-electron chi connectivity index (χ4n) is 2.89. The van der Waals surface area contributed by atoms with Crippen molar-refractivity contribution in [3.05, 3.63) is 89.5 Å². The lowest BCUT2D eigenvalue weighted by atomic mass is 10.2. The van der Waals surface area contributed by atoms with Gasteiger partial charge in [0.1, 0.15) is 5.49 Å². The number of ether oxygens (including phenoxy) is 2. The van der Waals surface area contributed by atoms with Crippen LogP contribution in [0.15, 0.2) is 77.9 Å². The van der Waals surface area contributed by atoms with E-state index in [1.807, 2.05) is 53.2 Å². The highest BCUT2D eigenvalue weighted by atomic mass is 16.5. The van der Waals surface area contributed by atoms with Gasteiger partial charge in [0.15, 0.2) is 11.5 Å². The first-order chi connectivity index (χ1) is 14.6. The van der Waals surface area contributed by atoms with Crippen LogP contribution in [0.3, 0.4) is 0 Å². The smallest absolute Gasteiger partial charge is 0.267 e. The molecule has 30 heavy (non-hydrogen) atoms. The normalized spacial score (nSPS) is 11.1. The molecule has 0 radical (unpaired) electrons. The fraction of sp³-hybridized carbons (Fsp3) is 0.174. The third-order valence-electron chi connectivity index (χ3n) is 4.40. The van der Waals surface area contributed by atoms with Crippen molar-refractivity contribution in [2.24, 2.45) is 4.99 Å². The van der Waals surface area contributed by atoms with Gasteiger partial charge in [0.25, 0.3) is 11.8 Å². The van der Waals surface area contributed by atoms with Crippen molar-refractivity contribution in [1.29, 1.82) is 0 Å². The van der Waals surface area contributed by atoms with E-state index >= 15 is 0 Å². The summed E-state index contributed by atoms with van der Waals surface area (Å²) >= 11 is 0. The molecule has 1 heterocycles. The van der Waals surface area contributed by atoms with Gasteiger partial charge in [-0.1, -0.05) is 36.4 Å². The van der Waals surface area contributed by atoms with E-state index in [1.165, 1.54) is 14.2 Å². The first kappa shape index (κ1) is 20.9. The van der Waals surface area contributed by atoms with Crippen LogP contribution in [0.4, 0.5) is 0 Å². The summed E-state index contributed by atoms with van der Waals surface area (Å²) in [6.07, 6.45) is 1.86. The van der Waals surface area contributed by atoms with Crippen LogP contribution in [0, 0.1) is 0 Å². The molecule has 7 heteroatoms. The van der Waals surface area contributed by atoms with Gasteiger partial charge in [0.2, 0.25) is 0 Å². The van der Waals surface area contributed by atoms with Gasteiger partial charge in [0, 0.05) is 18.3 Å². The molecule has 0 aliphatic heterocycles. The number of amides is 2. The van der Waals surface area contributed by atoms with Crippen LogP contribution in [0.2, 0.25) is 0 Å². The van der Waals surface area contributed by atoms with Crippen LogP contribution in [-0.2, 0) is 11.3 Å². The average Bonchev–Trinajstić information content (AvgIpc) is 2.79. The van der Waals surface area contributed by atoms with Crippen molar-refractivity contribution >= 4 is 11.8 Å². The Labute approximate surface area is 174 Å². The first-order valence-corrected chi connectivity index (χ1v) is 9.38. The first-order valence-electron chi connectivity index (χ1n) is 9.38. The van der Waals surface area contributed by atoms with Gasteiger partial charge in [-0.25, -0.2) is 0 Å². The van der Waals surface area contributed by atoms with Crippen LogP contribution < -0.4 is 20.3 Å². The highest BCUT2D eigenvalue weighted by Crippen LogP contribution is 2.27. The topological polar surface area (TPSA) is 81.9 Å². The van der Waals surface area contributed by atoms with Gasteiger partial charge in [-0.2, -0.15) is 4.99 Å².